The number of nitrogens with one attached hydrogen (secondary N) is 2. The Labute approximate surface area is 136 Å². The van der Waals surface area contributed by atoms with Gasteiger partial charge in [-0.15, -0.1) is 0 Å². The van der Waals surface area contributed by atoms with Gasteiger partial charge in [-0.1, -0.05) is 12.1 Å². The lowest BCUT2D eigenvalue weighted by molar-refractivity contribution is 0.247. The van der Waals surface area contributed by atoms with Crippen LogP contribution in [0.25, 0.3) is 0 Å². The smallest absolute Gasteiger partial charge is 0.319 e. The maximum Gasteiger partial charge on any atom is 0.319 e. The van der Waals surface area contributed by atoms with Crippen LogP contribution in [0.4, 0.5) is 10.5 Å². The standard InChI is InChI=1S/C18H22N2O3/c1-13-9-14(2)11-15(10-13)20-18(21)19-7-8-23-17-6-4-5-16(12-17)22-3/h4-6,9-12H,7-8H2,1-3H3,(H2,19,20,21). The minimum atomic E-state index is -0.246. The van der Waals surface area contributed by atoms with Crippen molar-refractivity contribution in [3.8, 4) is 11.5 Å². The number of benzene rings is 2. The number of methoxy groups -OCH3 is 1. The van der Waals surface area contributed by atoms with Crippen LogP contribution in [-0.4, -0.2) is 26.3 Å². The molecule has 0 bridgehead atoms. The Hall–Kier alpha value is -2.69. The molecule has 2 rings (SSSR count). The van der Waals surface area contributed by atoms with Gasteiger partial charge in [-0.05, 0) is 49.2 Å². The molecule has 0 unspecified atom stereocenters. The van der Waals surface area contributed by atoms with Gasteiger partial charge in [0.05, 0.1) is 13.7 Å². The average molecular weight is 314 g/mol. The first-order valence-electron chi connectivity index (χ1n) is 7.47. The molecule has 0 heterocycles. The first kappa shape index (κ1) is 16.7. The van der Waals surface area contributed by atoms with Crippen molar-refractivity contribution in [2.24, 2.45) is 0 Å². The van der Waals surface area contributed by atoms with Gasteiger partial charge in [0.25, 0.3) is 0 Å². The third-order valence-corrected chi connectivity index (χ3v) is 3.18. The summed E-state index contributed by atoms with van der Waals surface area (Å²) in [7, 11) is 1.61. The second-order valence-corrected chi connectivity index (χ2v) is 5.28. The fourth-order valence-electron chi connectivity index (χ4n) is 2.25. The van der Waals surface area contributed by atoms with Crippen LogP contribution in [0.2, 0.25) is 0 Å². The van der Waals surface area contributed by atoms with Crippen molar-refractivity contribution in [2.45, 2.75) is 13.8 Å². The number of urea groups is 1. The number of amides is 2. The molecule has 23 heavy (non-hydrogen) atoms. The van der Waals surface area contributed by atoms with Gasteiger partial charge in [-0.3, -0.25) is 0 Å². The third kappa shape index (κ3) is 5.54. The molecule has 0 aliphatic carbocycles. The number of hydrogen-bond acceptors (Lipinski definition) is 3. The minimum absolute atomic E-state index is 0.246. The molecule has 0 aliphatic heterocycles. The monoisotopic (exact) mass is 314 g/mol. The predicted octanol–water partition coefficient (Wildman–Crippen LogP) is 3.51. The highest BCUT2D eigenvalue weighted by Crippen LogP contribution is 2.18. The van der Waals surface area contributed by atoms with Gasteiger partial charge in [0, 0.05) is 11.8 Å². The molecular weight excluding hydrogens is 292 g/mol. The summed E-state index contributed by atoms with van der Waals surface area (Å²) in [5.41, 5.74) is 3.01. The first-order chi connectivity index (χ1) is 11.1. The van der Waals surface area contributed by atoms with Crippen molar-refractivity contribution in [1.82, 2.24) is 5.32 Å². The highest BCUT2D eigenvalue weighted by Gasteiger charge is 2.03. The molecular formula is C18H22N2O3. The Morgan fingerprint density at radius 3 is 2.43 bits per heavy atom. The molecule has 5 nitrogen and oxygen atoms in total. The lowest BCUT2D eigenvalue weighted by Gasteiger charge is -2.10. The topological polar surface area (TPSA) is 59.6 Å². The number of anilines is 1. The zero-order valence-electron chi connectivity index (χ0n) is 13.7. The van der Waals surface area contributed by atoms with E-state index in [0.717, 1.165) is 22.6 Å². The number of ether oxygens (including phenoxy) is 2. The zero-order chi connectivity index (χ0) is 16.7. The molecule has 2 N–H and O–H groups in total. The number of carbonyl (C=O) groups is 1. The summed E-state index contributed by atoms with van der Waals surface area (Å²) in [5, 5.41) is 5.58. The molecule has 0 fully saturated rings. The summed E-state index contributed by atoms with van der Waals surface area (Å²) in [6.45, 7) is 4.79. The summed E-state index contributed by atoms with van der Waals surface area (Å²) < 4.78 is 10.7. The van der Waals surface area contributed by atoms with Crippen molar-refractivity contribution < 1.29 is 14.3 Å². The fraction of sp³-hybridized carbons (Fsp3) is 0.278. The van der Waals surface area contributed by atoms with E-state index in [2.05, 4.69) is 16.7 Å². The number of hydrogen-bond donors (Lipinski definition) is 2. The molecule has 0 spiro atoms. The maximum atomic E-state index is 11.8. The Balaban J connectivity index is 1.74. The minimum Gasteiger partial charge on any atom is -0.497 e. The molecule has 0 atom stereocenters. The largest absolute Gasteiger partial charge is 0.497 e. The van der Waals surface area contributed by atoms with E-state index in [9.17, 15) is 4.79 Å². The van der Waals surface area contributed by atoms with E-state index in [1.54, 1.807) is 13.2 Å². The van der Waals surface area contributed by atoms with Crippen molar-refractivity contribution in [1.29, 1.82) is 0 Å². The molecule has 2 aromatic rings. The summed E-state index contributed by atoms with van der Waals surface area (Å²) in [5.74, 6) is 1.45. The van der Waals surface area contributed by atoms with Crippen LogP contribution in [0.1, 0.15) is 11.1 Å². The summed E-state index contributed by atoms with van der Waals surface area (Å²) in [6.07, 6.45) is 0. The third-order valence-electron chi connectivity index (χ3n) is 3.18. The molecule has 2 aromatic carbocycles. The SMILES string of the molecule is COc1cccc(OCCNC(=O)Nc2cc(C)cc(C)c2)c1. The summed E-state index contributed by atoms with van der Waals surface area (Å²) >= 11 is 0. The van der Waals surface area contributed by atoms with Crippen molar-refractivity contribution in [2.75, 3.05) is 25.6 Å². The van der Waals surface area contributed by atoms with Crippen LogP contribution in [-0.2, 0) is 0 Å². The normalized spacial score (nSPS) is 10.0. The Bertz CT molecular complexity index is 651. The van der Waals surface area contributed by atoms with Crippen LogP contribution in [0.5, 0.6) is 11.5 Å². The van der Waals surface area contributed by atoms with E-state index in [4.69, 9.17) is 9.47 Å². The Morgan fingerprint density at radius 1 is 1.04 bits per heavy atom. The van der Waals surface area contributed by atoms with Crippen LogP contribution >= 0.6 is 0 Å². The Kier molecular flexibility index (Phi) is 5.86. The van der Waals surface area contributed by atoms with Crippen LogP contribution in [0.15, 0.2) is 42.5 Å². The van der Waals surface area contributed by atoms with Crippen LogP contribution < -0.4 is 20.1 Å². The molecule has 0 saturated heterocycles. The van der Waals surface area contributed by atoms with E-state index in [0.29, 0.717) is 18.9 Å². The van der Waals surface area contributed by atoms with E-state index >= 15 is 0 Å². The van der Waals surface area contributed by atoms with Gasteiger partial charge in [0.2, 0.25) is 0 Å². The van der Waals surface area contributed by atoms with Crippen LogP contribution in [0, 0.1) is 13.8 Å². The van der Waals surface area contributed by atoms with E-state index in [-0.39, 0.29) is 6.03 Å². The van der Waals surface area contributed by atoms with Crippen LogP contribution in [0.3, 0.4) is 0 Å². The summed E-state index contributed by atoms with van der Waals surface area (Å²) in [4.78, 5) is 11.8. The number of aryl methyl sites for hydroxylation is 2. The van der Waals surface area contributed by atoms with E-state index in [1.165, 1.54) is 0 Å². The molecule has 5 heteroatoms. The quantitative estimate of drug-likeness (QED) is 0.802. The second kappa shape index (κ2) is 8.08. The lowest BCUT2D eigenvalue weighted by atomic mass is 10.1. The average Bonchev–Trinajstić information content (AvgIpc) is 2.51. The molecule has 0 radical (unpaired) electrons. The van der Waals surface area contributed by atoms with Gasteiger partial charge >= 0.3 is 6.03 Å². The highest BCUT2D eigenvalue weighted by molar-refractivity contribution is 5.89. The first-order valence-corrected chi connectivity index (χ1v) is 7.47. The number of carbonyl (C=O) groups excluding carboxylic acids is 1. The van der Waals surface area contributed by atoms with Gasteiger partial charge in [-0.25, -0.2) is 4.79 Å². The lowest BCUT2D eigenvalue weighted by Crippen LogP contribution is -2.32. The molecule has 0 aromatic heterocycles. The van der Waals surface area contributed by atoms with Crippen molar-refractivity contribution in [3.63, 3.8) is 0 Å². The van der Waals surface area contributed by atoms with Gasteiger partial charge in [0.15, 0.2) is 0 Å². The van der Waals surface area contributed by atoms with Crippen molar-refractivity contribution >= 4 is 11.7 Å². The van der Waals surface area contributed by atoms with Gasteiger partial charge in [0.1, 0.15) is 18.1 Å². The fourth-order valence-corrected chi connectivity index (χ4v) is 2.25. The maximum absolute atomic E-state index is 11.8. The molecule has 2 amide bonds. The van der Waals surface area contributed by atoms with E-state index < -0.39 is 0 Å². The molecule has 0 aliphatic rings. The molecule has 122 valence electrons. The Morgan fingerprint density at radius 2 is 1.74 bits per heavy atom. The summed E-state index contributed by atoms with van der Waals surface area (Å²) in [6, 6.07) is 13.0. The van der Waals surface area contributed by atoms with Gasteiger partial charge < -0.3 is 20.1 Å². The van der Waals surface area contributed by atoms with Crippen molar-refractivity contribution in [3.05, 3.63) is 53.6 Å². The molecule has 0 saturated carbocycles. The predicted molar refractivity (Wildman–Crippen MR) is 91.4 cm³/mol. The van der Waals surface area contributed by atoms with Gasteiger partial charge in [-0.2, -0.15) is 0 Å². The second-order valence-electron chi connectivity index (χ2n) is 5.28. The highest BCUT2D eigenvalue weighted by atomic mass is 16.5. The zero-order valence-corrected chi connectivity index (χ0v) is 13.7. The van der Waals surface area contributed by atoms with E-state index in [1.807, 2.05) is 44.2 Å². The number of rotatable bonds is 6.